The molecule has 2 fully saturated rings. The van der Waals surface area contributed by atoms with Crippen LogP contribution in [0, 0.1) is 17.8 Å². The lowest BCUT2D eigenvalue weighted by Gasteiger charge is -2.12. The fraction of sp³-hybridized carbons (Fsp3) is 0.889. The predicted molar refractivity (Wildman–Crippen MR) is 41.2 cm³/mol. The quantitative estimate of drug-likeness (QED) is 0.626. The minimum atomic E-state index is -0.556. The molecule has 2 saturated carbocycles. The summed E-state index contributed by atoms with van der Waals surface area (Å²) in [5, 5.41) is 8.86. The van der Waals surface area contributed by atoms with Crippen molar-refractivity contribution in [1.29, 1.82) is 0 Å². The Kier molecular flexibility index (Phi) is 1.63. The van der Waals surface area contributed by atoms with E-state index in [0.717, 1.165) is 12.3 Å². The van der Waals surface area contributed by atoms with Crippen LogP contribution in [-0.2, 0) is 4.79 Å². The Balaban J connectivity index is 2.08. The zero-order valence-electron chi connectivity index (χ0n) is 6.62. The van der Waals surface area contributed by atoms with Crippen LogP contribution >= 0.6 is 0 Å². The molecule has 0 aromatic carbocycles. The van der Waals surface area contributed by atoms with Gasteiger partial charge in [0.05, 0.1) is 5.92 Å². The second kappa shape index (κ2) is 2.50. The number of rotatable bonds is 1. The van der Waals surface area contributed by atoms with E-state index in [4.69, 9.17) is 5.11 Å². The molecule has 2 rings (SSSR count). The van der Waals surface area contributed by atoms with Crippen molar-refractivity contribution in [2.45, 2.75) is 32.1 Å². The Morgan fingerprint density at radius 1 is 1.18 bits per heavy atom. The maximum Gasteiger partial charge on any atom is 0.306 e. The van der Waals surface area contributed by atoms with Crippen molar-refractivity contribution in [2.75, 3.05) is 0 Å². The molecule has 2 nitrogen and oxygen atoms in total. The van der Waals surface area contributed by atoms with Gasteiger partial charge in [-0.15, -0.1) is 0 Å². The zero-order valence-corrected chi connectivity index (χ0v) is 6.62. The lowest BCUT2D eigenvalue weighted by molar-refractivity contribution is -0.143. The minimum Gasteiger partial charge on any atom is -0.481 e. The summed E-state index contributed by atoms with van der Waals surface area (Å²) < 4.78 is 0. The number of fused-ring (bicyclic) bond motifs is 1. The fourth-order valence-corrected chi connectivity index (χ4v) is 2.87. The van der Waals surface area contributed by atoms with Gasteiger partial charge in [-0.05, 0) is 31.1 Å². The summed E-state index contributed by atoms with van der Waals surface area (Å²) >= 11 is 0. The third-order valence-electron chi connectivity index (χ3n) is 3.40. The molecule has 0 aromatic rings. The van der Waals surface area contributed by atoms with Gasteiger partial charge in [-0.25, -0.2) is 0 Å². The standard InChI is InChI=1S/C9H14O2/c10-9(11)8-5-4-6-2-1-3-7(6)8/h6-8H,1-5H2,(H,10,11)/t6-,7-,8+/m1/s1. The van der Waals surface area contributed by atoms with Gasteiger partial charge in [-0.2, -0.15) is 0 Å². The predicted octanol–water partition coefficient (Wildman–Crippen LogP) is 1.90. The molecule has 0 spiro atoms. The van der Waals surface area contributed by atoms with Crippen LogP contribution in [0.25, 0.3) is 0 Å². The molecule has 2 aliphatic carbocycles. The number of hydrogen-bond acceptors (Lipinski definition) is 1. The topological polar surface area (TPSA) is 37.3 Å². The first-order valence-corrected chi connectivity index (χ1v) is 4.52. The highest BCUT2D eigenvalue weighted by Crippen LogP contribution is 2.47. The van der Waals surface area contributed by atoms with Gasteiger partial charge >= 0.3 is 5.97 Å². The largest absolute Gasteiger partial charge is 0.481 e. The van der Waals surface area contributed by atoms with E-state index >= 15 is 0 Å². The van der Waals surface area contributed by atoms with Gasteiger partial charge in [-0.3, -0.25) is 4.79 Å². The average molecular weight is 154 g/mol. The van der Waals surface area contributed by atoms with Gasteiger partial charge in [0.25, 0.3) is 0 Å². The lowest BCUT2D eigenvalue weighted by Crippen LogP contribution is -2.18. The van der Waals surface area contributed by atoms with Crippen molar-refractivity contribution in [3.8, 4) is 0 Å². The molecule has 0 unspecified atom stereocenters. The van der Waals surface area contributed by atoms with Crippen LogP contribution < -0.4 is 0 Å². The van der Waals surface area contributed by atoms with Crippen molar-refractivity contribution in [2.24, 2.45) is 17.8 Å². The number of hydrogen-bond donors (Lipinski definition) is 1. The van der Waals surface area contributed by atoms with E-state index in [1.807, 2.05) is 0 Å². The smallest absolute Gasteiger partial charge is 0.306 e. The molecule has 0 saturated heterocycles. The highest BCUT2D eigenvalue weighted by atomic mass is 16.4. The molecule has 1 N–H and O–H groups in total. The van der Waals surface area contributed by atoms with E-state index in [0.29, 0.717) is 5.92 Å². The summed E-state index contributed by atoms with van der Waals surface area (Å²) in [6, 6.07) is 0. The molecule has 0 aromatic heterocycles. The second-order valence-electron chi connectivity index (χ2n) is 3.88. The van der Waals surface area contributed by atoms with Crippen LogP contribution in [-0.4, -0.2) is 11.1 Å². The second-order valence-corrected chi connectivity index (χ2v) is 3.88. The fourth-order valence-electron chi connectivity index (χ4n) is 2.87. The summed E-state index contributed by atoms with van der Waals surface area (Å²) in [6.45, 7) is 0. The van der Waals surface area contributed by atoms with Gasteiger partial charge in [0, 0.05) is 0 Å². The highest BCUT2D eigenvalue weighted by molar-refractivity contribution is 5.70. The van der Waals surface area contributed by atoms with Crippen molar-refractivity contribution >= 4 is 5.97 Å². The van der Waals surface area contributed by atoms with E-state index in [-0.39, 0.29) is 5.92 Å². The van der Waals surface area contributed by atoms with Crippen molar-refractivity contribution in [3.05, 3.63) is 0 Å². The summed E-state index contributed by atoms with van der Waals surface area (Å²) in [4.78, 5) is 10.7. The third kappa shape index (κ3) is 1.05. The summed E-state index contributed by atoms with van der Waals surface area (Å²) in [6.07, 6.45) is 5.82. The van der Waals surface area contributed by atoms with Gasteiger partial charge in [0.15, 0.2) is 0 Å². The average Bonchev–Trinajstić information content (AvgIpc) is 2.41. The van der Waals surface area contributed by atoms with Crippen molar-refractivity contribution < 1.29 is 9.90 Å². The van der Waals surface area contributed by atoms with Gasteiger partial charge < -0.3 is 5.11 Å². The SMILES string of the molecule is O=C(O)[C@H]1CC[C@H]2CCC[C@H]21. The first-order chi connectivity index (χ1) is 5.29. The van der Waals surface area contributed by atoms with Crippen LogP contribution in [0.4, 0.5) is 0 Å². The molecule has 11 heavy (non-hydrogen) atoms. The maximum absolute atomic E-state index is 10.7. The first kappa shape index (κ1) is 7.14. The Morgan fingerprint density at radius 3 is 2.73 bits per heavy atom. The van der Waals surface area contributed by atoms with E-state index < -0.39 is 5.97 Å². The van der Waals surface area contributed by atoms with Crippen LogP contribution in [0.2, 0.25) is 0 Å². The Bertz CT molecular complexity index is 176. The van der Waals surface area contributed by atoms with E-state index in [2.05, 4.69) is 0 Å². The van der Waals surface area contributed by atoms with E-state index in [1.54, 1.807) is 0 Å². The molecule has 3 atom stereocenters. The molecule has 0 heterocycles. The van der Waals surface area contributed by atoms with Crippen molar-refractivity contribution in [3.63, 3.8) is 0 Å². The number of carbonyl (C=O) groups is 1. The van der Waals surface area contributed by atoms with Crippen molar-refractivity contribution in [1.82, 2.24) is 0 Å². The van der Waals surface area contributed by atoms with Gasteiger partial charge in [0.1, 0.15) is 0 Å². The first-order valence-electron chi connectivity index (χ1n) is 4.52. The van der Waals surface area contributed by atoms with E-state index in [9.17, 15) is 4.79 Å². The number of carboxylic acids is 1. The Labute approximate surface area is 66.6 Å². The Hall–Kier alpha value is -0.530. The molecule has 2 aliphatic rings. The van der Waals surface area contributed by atoms with Crippen LogP contribution in [0.15, 0.2) is 0 Å². The molecule has 0 bridgehead atoms. The summed E-state index contributed by atoms with van der Waals surface area (Å²) in [5.41, 5.74) is 0. The zero-order chi connectivity index (χ0) is 7.84. The lowest BCUT2D eigenvalue weighted by atomic mass is 9.92. The molecular weight excluding hydrogens is 140 g/mol. The molecule has 0 amide bonds. The molecule has 0 radical (unpaired) electrons. The van der Waals surface area contributed by atoms with Crippen LogP contribution in [0.1, 0.15) is 32.1 Å². The molecule has 2 heteroatoms. The molecule has 62 valence electrons. The van der Waals surface area contributed by atoms with E-state index in [1.165, 1.54) is 25.7 Å². The van der Waals surface area contributed by atoms with Gasteiger partial charge in [0.2, 0.25) is 0 Å². The Morgan fingerprint density at radius 2 is 2.00 bits per heavy atom. The summed E-state index contributed by atoms with van der Waals surface area (Å²) in [5.74, 6) is 0.741. The third-order valence-corrected chi connectivity index (χ3v) is 3.40. The monoisotopic (exact) mass is 154 g/mol. The van der Waals surface area contributed by atoms with Crippen LogP contribution in [0.5, 0.6) is 0 Å². The van der Waals surface area contributed by atoms with Crippen LogP contribution in [0.3, 0.4) is 0 Å². The summed E-state index contributed by atoms with van der Waals surface area (Å²) in [7, 11) is 0. The van der Waals surface area contributed by atoms with Gasteiger partial charge in [-0.1, -0.05) is 12.8 Å². The number of carboxylic acid groups (broad SMARTS) is 1. The normalized spacial score (nSPS) is 42.4. The highest BCUT2D eigenvalue weighted by Gasteiger charge is 2.42. The number of aliphatic carboxylic acids is 1. The minimum absolute atomic E-state index is 0.00231. The molecular formula is C9H14O2. The molecule has 0 aliphatic heterocycles. The maximum atomic E-state index is 10.7.